The molecule has 0 saturated carbocycles. The van der Waals surface area contributed by atoms with Crippen LogP contribution in [0.5, 0.6) is 5.75 Å². The molecule has 0 radical (unpaired) electrons. The van der Waals surface area contributed by atoms with E-state index in [1.165, 1.54) is 26.4 Å². The third kappa shape index (κ3) is 7.39. The second-order valence-electron chi connectivity index (χ2n) is 15.8. The molecule has 276 valence electrons. The number of hydrogen-bond acceptors (Lipinski definition) is 6. The number of aromatic hydroxyl groups is 1. The van der Waals surface area contributed by atoms with Gasteiger partial charge in [0.1, 0.15) is 5.75 Å². The van der Waals surface area contributed by atoms with Crippen LogP contribution in [0.1, 0.15) is 70.2 Å². The van der Waals surface area contributed by atoms with Crippen LogP contribution < -0.4 is 10.4 Å². The fraction of sp³-hybridized carbons (Fsp3) is 0.378. The molecule has 4 aromatic rings. The van der Waals surface area contributed by atoms with Gasteiger partial charge in [-0.1, -0.05) is 125 Å². The van der Waals surface area contributed by atoms with Crippen molar-refractivity contribution < 1.29 is 23.9 Å². The third-order valence-electron chi connectivity index (χ3n) is 11.4. The summed E-state index contributed by atoms with van der Waals surface area (Å²) in [4.78, 5) is 30.9. The molecule has 6 nitrogen and oxygen atoms in total. The van der Waals surface area contributed by atoms with Crippen LogP contribution in [0.25, 0.3) is 6.08 Å². The first-order valence-electron chi connectivity index (χ1n) is 19.0. The van der Waals surface area contributed by atoms with E-state index in [2.05, 4.69) is 94.4 Å². The summed E-state index contributed by atoms with van der Waals surface area (Å²) in [5, 5.41) is 14.3. The maximum atomic E-state index is 14.2. The maximum Gasteiger partial charge on any atom is 0.261 e. The van der Waals surface area contributed by atoms with Crippen molar-refractivity contribution in [1.82, 2.24) is 4.90 Å². The van der Waals surface area contributed by atoms with Gasteiger partial charge in [-0.3, -0.25) is 14.5 Å². The zero-order valence-electron chi connectivity index (χ0n) is 31.3. The molecule has 4 atom stereocenters. The van der Waals surface area contributed by atoms with Crippen molar-refractivity contribution in [3.63, 3.8) is 0 Å². The number of imide groups is 1. The molecule has 3 aromatic carbocycles. The number of likely N-dealkylation sites (tertiary alicyclic amines) is 1. The van der Waals surface area contributed by atoms with Gasteiger partial charge < -0.3 is 14.3 Å². The average molecular weight is 746 g/mol. The lowest BCUT2D eigenvalue weighted by Gasteiger charge is -2.44. The van der Waals surface area contributed by atoms with E-state index in [9.17, 15) is 14.7 Å². The van der Waals surface area contributed by atoms with Gasteiger partial charge in [-0.2, -0.15) is 0 Å². The Balaban J connectivity index is 1.26. The first-order chi connectivity index (χ1) is 25.6. The predicted octanol–water partition coefficient (Wildman–Crippen LogP) is 8.51. The van der Waals surface area contributed by atoms with Gasteiger partial charge in [0.05, 0.1) is 37.7 Å². The second kappa shape index (κ2) is 15.7. The van der Waals surface area contributed by atoms with E-state index in [0.717, 1.165) is 41.7 Å². The minimum absolute atomic E-state index is 0.0671. The van der Waals surface area contributed by atoms with Crippen molar-refractivity contribution in [3.05, 3.63) is 130 Å². The molecule has 1 N–H and O–H groups in total. The van der Waals surface area contributed by atoms with Gasteiger partial charge in [-0.15, -0.1) is 11.3 Å². The topological polar surface area (TPSA) is 76.1 Å². The molecule has 2 amide bonds. The summed E-state index contributed by atoms with van der Waals surface area (Å²) >= 11 is 1.58. The lowest BCUT2D eigenvalue weighted by atomic mass is 9.69. The van der Waals surface area contributed by atoms with E-state index in [1.807, 2.05) is 29.6 Å². The molecule has 2 aliphatic heterocycles. The molecule has 2 fully saturated rings. The van der Waals surface area contributed by atoms with Gasteiger partial charge in [-0.25, -0.2) is 0 Å². The number of ether oxygens (including phenoxy) is 1. The highest BCUT2D eigenvalue weighted by Gasteiger charge is 2.58. The number of rotatable bonds is 13. The zero-order chi connectivity index (χ0) is 37.2. The van der Waals surface area contributed by atoms with Crippen LogP contribution >= 0.6 is 11.3 Å². The quantitative estimate of drug-likeness (QED) is 0.0844. The van der Waals surface area contributed by atoms with Gasteiger partial charge in [0.2, 0.25) is 11.8 Å². The smallest absolute Gasteiger partial charge is 0.261 e. The molecule has 3 aliphatic rings. The number of allylic oxidation sites excluding steroid dienone is 1. The highest BCUT2D eigenvalue weighted by atomic mass is 32.1. The molecule has 1 aromatic heterocycles. The van der Waals surface area contributed by atoms with E-state index < -0.39 is 20.2 Å². The Kier molecular flexibility index (Phi) is 11.0. The summed E-state index contributed by atoms with van der Waals surface area (Å²) in [6, 6.07) is 32.7. The Bertz CT molecular complexity index is 1930. The Morgan fingerprint density at radius 1 is 0.925 bits per heavy atom. The number of phenols is 1. The lowest BCUT2D eigenvalue weighted by molar-refractivity contribution is -0.140. The van der Waals surface area contributed by atoms with Crippen molar-refractivity contribution in [2.75, 3.05) is 13.2 Å². The highest BCUT2D eigenvalue weighted by molar-refractivity contribution is 7.09. The van der Waals surface area contributed by atoms with Crippen LogP contribution in [-0.2, 0) is 25.3 Å². The van der Waals surface area contributed by atoms with Crippen LogP contribution in [0.15, 0.2) is 119 Å². The zero-order valence-corrected chi connectivity index (χ0v) is 33.1. The van der Waals surface area contributed by atoms with Crippen LogP contribution in [0.4, 0.5) is 0 Å². The molecule has 2 saturated heterocycles. The van der Waals surface area contributed by atoms with Crippen molar-refractivity contribution in [3.8, 4) is 5.75 Å². The van der Waals surface area contributed by atoms with Crippen LogP contribution in [0.2, 0.25) is 5.04 Å². The number of fused-ring (bicyclic) bond motifs is 3. The molecule has 0 bridgehead atoms. The van der Waals surface area contributed by atoms with Crippen molar-refractivity contribution in [1.29, 1.82) is 0 Å². The number of hydrogen-bond donors (Lipinski definition) is 1. The second-order valence-corrected chi connectivity index (χ2v) is 21.1. The van der Waals surface area contributed by atoms with E-state index in [4.69, 9.17) is 9.16 Å². The fourth-order valence-corrected chi connectivity index (χ4v) is 14.3. The number of carbonyl (C=O) groups excluding carboxylic acids is 2. The normalized spacial score (nSPS) is 22.0. The maximum absolute atomic E-state index is 14.2. The summed E-state index contributed by atoms with van der Waals surface area (Å²) in [5.41, 5.74) is 4.59. The van der Waals surface area contributed by atoms with Gasteiger partial charge in [0.25, 0.3) is 8.32 Å². The summed E-state index contributed by atoms with van der Waals surface area (Å²) in [6.07, 6.45) is 6.09. The number of nitrogens with zero attached hydrogens (tertiary/aromatic N) is 1. The van der Waals surface area contributed by atoms with Gasteiger partial charge in [0, 0.05) is 10.8 Å². The van der Waals surface area contributed by atoms with Crippen molar-refractivity contribution >= 4 is 47.9 Å². The number of amides is 2. The molecule has 8 heteroatoms. The molecule has 0 spiro atoms. The molecule has 0 unspecified atom stereocenters. The minimum Gasteiger partial charge on any atom is -0.508 e. The van der Waals surface area contributed by atoms with E-state index in [0.29, 0.717) is 26.2 Å². The Morgan fingerprint density at radius 2 is 1.64 bits per heavy atom. The first-order valence-corrected chi connectivity index (χ1v) is 21.8. The molecular formula is C45H51NO5SSi. The van der Waals surface area contributed by atoms with E-state index in [-0.39, 0.29) is 34.6 Å². The fourth-order valence-electron chi connectivity index (χ4n) is 9.10. The molecule has 7 rings (SSSR count). The summed E-state index contributed by atoms with van der Waals surface area (Å²) in [7, 11) is -2.88. The highest BCUT2D eigenvalue weighted by Crippen LogP contribution is 2.51. The average Bonchev–Trinajstić information content (AvgIpc) is 3.88. The summed E-state index contributed by atoms with van der Waals surface area (Å²) in [6.45, 7) is 10.2. The summed E-state index contributed by atoms with van der Waals surface area (Å²) in [5.74, 6) is -0.880. The van der Waals surface area contributed by atoms with Crippen LogP contribution in [0.3, 0.4) is 0 Å². The number of benzene rings is 3. The standard InChI is InChI=1S/C45H51NO5SSi/c1-5-14-31(25-32-15-12-16-34(47)26-32)22-23-40-41-33(27-38-42(39(41)30-50-40)44(49)46(43(38)48)28-35-17-13-24-52-35)29-51-53(45(2,3)4,36-18-8-6-9-19-36)37-20-10-7-11-21-37/h6-13,15-21,24-26,38-40,42,47H,5,14,22-23,27-30H2,1-4H3/b31-25+/t38-,39+,40-,42-/m1/s1. The SMILES string of the molecule is CCC/C(=C\c1cccc(O)c1)CC[C@H]1OC[C@H]2C1=C(CO[Si](c1ccccc1)(c1ccccc1)C(C)(C)C)C[C@H]1C(=O)N(Cc3cccs3)C(=O)[C@H]12. The number of thiophene rings is 1. The Hall–Kier alpha value is -4.08. The van der Waals surface area contributed by atoms with Gasteiger partial charge >= 0.3 is 0 Å². The van der Waals surface area contributed by atoms with Gasteiger partial charge in [-0.05, 0) is 81.4 Å². The first kappa shape index (κ1) is 37.2. The minimum atomic E-state index is -2.88. The Morgan fingerprint density at radius 3 is 2.26 bits per heavy atom. The third-order valence-corrected chi connectivity index (χ3v) is 17.3. The summed E-state index contributed by atoms with van der Waals surface area (Å²) < 4.78 is 14.2. The predicted molar refractivity (Wildman–Crippen MR) is 216 cm³/mol. The molecule has 53 heavy (non-hydrogen) atoms. The van der Waals surface area contributed by atoms with Crippen molar-refractivity contribution in [2.24, 2.45) is 17.8 Å². The van der Waals surface area contributed by atoms with E-state index in [1.54, 1.807) is 23.5 Å². The molecule has 3 heterocycles. The van der Waals surface area contributed by atoms with Crippen molar-refractivity contribution in [2.45, 2.75) is 77.5 Å². The van der Waals surface area contributed by atoms with Gasteiger partial charge in [0.15, 0.2) is 0 Å². The van der Waals surface area contributed by atoms with E-state index >= 15 is 0 Å². The van der Waals surface area contributed by atoms with Crippen LogP contribution in [-0.4, -0.2) is 49.5 Å². The number of phenolic OH excluding ortho intramolecular Hbond substituents is 1. The van der Waals surface area contributed by atoms with Crippen LogP contribution in [0, 0.1) is 17.8 Å². The Labute approximate surface area is 319 Å². The molecular weight excluding hydrogens is 695 g/mol. The largest absolute Gasteiger partial charge is 0.508 e. The molecule has 1 aliphatic carbocycles. The monoisotopic (exact) mass is 745 g/mol. The lowest BCUT2D eigenvalue weighted by Crippen LogP contribution is -2.66. The number of carbonyl (C=O) groups is 2.